The van der Waals surface area contributed by atoms with E-state index in [4.69, 9.17) is 14.9 Å². The summed E-state index contributed by atoms with van der Waals surface area (Å²) in [6, 6.07) is 19.0. The molecule has 1 unspecified atom stereocenters. The lowest BCUT2D eigenvalue weighted by molar-refractivity contribution is 0.0984. The average molecular weight is 547 g/mol. The first-order chi connectivity index (χ1) is 18.5. The van der Waals surface area contributed by atoms with Gasteiger partial charge in [-0.3, -0.25) is 4.79 Å². The first kappa shape index (κ1) is 28.6. The molecule has 4 aromatic rings. The van der Waals surface area contributed by atoms with Gasteiger partial charge in [0.2, 0.25) is 0 Å². The molecule has 1 atom stereocenters. The van der Waals surface area contributed by atoms with Crippen LogP contribution in [0.25, 0.3) is 10.9 Å². The molecule has 1 amide bonds. The Hall–Kier alpha value is -3.36. The molecule has 0 aliphatic carbocycles. The molecular formula is C31H42N4O3Si. The molecule has 4 rings (SSSR count). The van der Waals surface area contributed by atoms with Gasteiger partial charge in [0.05, 0.1) is 12.9 Å². The minimum absolute atomic E-state index is 0.0658. The van der Waals surface area contributed by atoms with E-state index in [9.17, 15) is 4.79 Å². The summed E-state index contributed by atoms with van der Waals surface area (Å²) in [6.07, 6.45) is 8.99. The molecule has 2 aromatic carbocycles. The number of nitrogens with two attached hydrogens (primary N) is 1. The van der Waals surface area contributed by atoms with Gasteiger partial charge >= 0.3 is 0 Å². The van der Waals surface area contributed by atoms with Crippen LogP contribution in [-0.4, -0.2) is 34.9 Å². The largest absolute Gasteiger partial charge is 0.494 e. The number of aryl methyl sites for hydroxylation is 2. The zero-order chi connectivity index (χ0) is 28.0. The number of aromatic nitrogens is 3. The summed E-state index contributed by atoms with van der Waals surface area (Å²) in [7, 11) is -2.05. The third kappa shape index (κ3) is 7.39. The highest BCUT2D eigenvalue weighted by atomic mass is 28.4. The minimum Gasteiger partial charge on any atom is -0.494 e. The fraction of sp³-hybridized carbons (Fsp3) is 0.419. The van der Waals surface area contributed by atoms with E-state index in [1.54, 1.807) is 12.5 Å². The summed E-state index contributed by atoms with van der Waals surface area (Å²) in [5.41, 5.74) is 8.23. The number of primary amides is 1. The molecule has 0 radical (unpaired) electrons. The second-order valence-electron chi connectivity index (χ2n) is 11.7. The lowest BCUT2D eigenvalue weighted by Gasteiger charge is -2.39. The number of ether oxygens (including phenoxy) is 1. The fourth-order valence-electron chi connectivity index (χ4n) is 4.42. The zero-order valence-electron chi connectivity index (χ0n) is 23.9. The number of carbonyl (C=O) groups is 1. The maximum absolute atomic E-state index is 11.6. The quantitative estimate of drug-likeness (QED) is 0.145. The van der Waals surface area contributed by atoms with Crippen LogP contribution in [-0.2, 0) is 17.4 Å². The number of amides is 1. The van der Waals surface area contributed by atoms with E-state index >= 15 is 0 Å². The van der Waals surface area contributed by atoms with E-state index in [0.717, 1.165) is 38.0 Å². The van der Waals surface area contributed by atoms with Crippen molar-refractivity contribution in [1.29, 1.82) is 0 Å². The van der Waals surface area contributed by atoms with Crippen molar-refractivity contribution in [2.75, 3.05) is 6.61 Å². The molecule has 39 heavy (non-hydrogen) atoms. The Morgan fingerprint density at radius 2 is 1.85 bits per heavy atom. The van der Waals surface area contributed by atoms with Crippen LogP contribution in [0.2, 0.25) is 18.1 Å². The zero-order valence-corrected chi connectivity index (χ0v) is 24.9. The number of nitrogens with zero attached hydrogens (tertiary/aromatic N) is 3. The normalized spacial score (nSPS) is 13.1. The number of rotatable bonds is 13. The topological polar surface area (TPSA) is 84.3 Å². The second kappa shape index (κ2) is 12.2. The van der Waals surface area contributed by atoms with Crippen LogP contribution in [0.3, 0.4) is 0 Å². The minimum atomic E-state index is -2.05. The van der Waals surface area contributed by atoms with Crippen LogP contribution in [0.5, 0.6) is 5.75 Å². The van der Waals surface area contributed by atoms with Crippen molar-refractivity contribution in [2.24, 2.45) is 5.73 Å². The maximum atomic E-state index is 11.6. The molecule has 0 aliphatic heterocycles. The van der Waals surface area contributed by atoms with Gasteiger partial charge in [-0.05, 0) is 73.6 Å². The van der Waals surface area contributed by atoms with E-state index in [1.807, 2.05) is 10.6 Å². The van der Waals surface area contributed by atoms with Gasteiger partial charge in [-0.15, -0.1) is 0 Å². The van der Waals surface area contributed by atoms with Gasteiger partial charge in [0.1, 0.15) is 17.7 Å². The summed E-state index contributed by atoms with van der Waals surface area (Å²) in [4.78, 5) is 15.8. The molecule has 0 spiro atoms. The van der Waals surface area contributed by atoms with E-state index in [-0.39, 0.29) is 17.0 Å². The number of benzene rings is 2. The highest BCUT2D eigenvalue weighted by molar-refractivity contribution is 6.74. The molecule has 0 aliphatic rings. The summed E-state index contributed by atoms with van der Waals surface area (Å²) >= 11 is 0. The number of hydrogen-bond donors (Lipinski definition) is 1. The van der Waals surface area contributed by atoms with Gasteiger partial charge in [0.25, 0.3) is 5.91 Å². The first-order valence-electron chi connectivity index (χ1n) is 13.8. The fourth-order valence-corrected chi connectivity index (χ4v) is 5.69. The van der Waals surface area contributed by atoms with Crippen molar-refractivity contribution in [3.63, 3.8) is 0 Å². The summed E-state index contributed by atoms with van der Waals surface area (Å²) in [5, 5.41) is 1.24. The number of imidazole rings is 1. The lowest BCUT2D eigenvalue weighted by atomic mass is 10.1. The smallest absolute Gasteiger partial charge is 0.268 e. The first-order valence-corrected chi connectivity index (χ1v) is 16.7. The molecule has 8 heteroatoms. The Bertz CT molecular complexity index is 1370. The van der Waals surface area contributed by atoms with Crippen molar-refractivity contribution in [1.82, 2.24) is 14.1 Å². The highest BCUT2D eigenvalue weighted by Gasteiger charge is 2.39. The summed E-state index contributed by atoms with van der Waals surface area (Å²) < 4.78 is 17.0. The third-order valence-electron chi connectivity index (χ3n) is 7.74. The van der Waals surface area contributed by atoms with Gasteiger partial charge in [0, 0.05) is 29.8 Å². The van der Waals surface area contributed by atoms with Crippen LogP contribution in [0.4, 0.5) is 0 Å². The Labute approximate surface area is 233 Å². The molecule has 0 fully saturated rings. The molecule has 0 saturated carbocycles. The Kier molecular flexibility index (Phi) is 8.97. The summed E-state index contributed by atoms with van der Waals surface area (Å²) in [6.45, 7) is 12.7. The van der Waals surface area contributed by atoms with E-state index < -0.39 is 14.2 Å². The van der Waals surface area contributed by atoms with E-state index in [0.29, 0.717) is 6.61 Å². The second-order valence-corrected chi connectivity index (χ2v) is 16.5. The van der Waals surface area contributed by atoms with Crippen molar-refractivity contribution in [3.05, 3.63) is 84.6 Å². The van der Waals surface area contributed by atoms with Crippen molar-refractivity contribution in [3.8, 4) is 5.75 Å². The van der Waals surface area contributed by atoms with Gasteiger partial charge < -0.3 is 24.0 Å². The van der Waals surface area contributed by atoms with E-state index in [2.05, 4.69) is 98.1 Å². The highest BCUT2D eigenvalue weighted by Crippen LogP contribution is 2.39. The molecule has 0 bridgehead atoms. The number of hydrogen-bond acceptors (Lipinski definition) is 4. The Morgan fingerprint density at radius 1 is 1.08 bits per heavy atom. The third-order valence-corrected chi connectivity index (χ3v) is 12.2. The number of fused-ring (bicyclic) bond motifs is 1. The predicted octanol–water partition coefficient (Wildman–Crippen LogP) is 6.95. The molecule has 7 nitrogen and oxygen atoms in total. The molecule has 0 saturated heterocycles. The van der Waals surface area contributed by atoms with Crippen molar-refractivity contribution in [2.45, 2.75) is 77.4 Å². The lowest BCUT2D eigenvalue weighted by Crippen LogP contribution is -2.42. The Balaban J connectivity index is 1.36. The van der Waals surface area contributed by atoms with Crippen molar-refractivity contribution >= 4 is 25.1 Å². The van der Waals surface area contributed by atoms with Gasteiger partial charge in [-0.25, -0.2) is 4.98 Å². The molecule has 2 heterocycles. The van der Waals surface area contributed by atoms with Crippen LogP contribution in [0, 0.1) is 0 Å². The van der Waals surface area contributed by atoms with Gasteiger partial charge in [0.15, 0.2) is 8.32 Å². The Morgan fingerprint density at radius 3 is 2.54 bits per heavy atom. The monoisotopic (exact) mass is 546 g/mol. The summed E-state index contributed by atoms with van der Waals surface area (Å²) in [5.74, 6) is 0.375. The van der Waals surface area contributed by atoms with Gasteiger partial charge in [-0.2, -0.15) is 0 Å². The standard InChI is InChI=1S/C31H42N4O3Si/c1-31(2,3)39(4,5)38-29(35-22-27(30(32)36)33-23-35)14-9-18-34-19-17-25-21-26(15-16-28(25)34)37-20-10-13-24-11-7-6-8-12-24/h6-8,11-12,15-17,19,21-23,29H,9-10,13-14,18,20H2,1-5H3,(H2,32,36). The predicted molar refractivity (Wildman–Crippen MR) is 159 cm³/mol. The van der Waals surface area contributed by atoms with Crippen LogP contribution in [0.15, 0.2) is 73.3 Å². The van der Waals surface area contributed by atoms with Crippen LogP contribution in [0.1, 0.15) is 62.3 Å². The molecule has 2 aromatic heterocycles. The molecular weight excluding hydrogens is 504 g/mol. The average Bonchev–Trinajstić information content (AvgIpc) is 3.54. The van der Waals surface area contributed by atoms with Crippen molar-refractivity contribution < 1.29 is 14.0 Å². The van der Waals surface area contributed by atoms with Crippen LogP contribution >= 0.6 is 0 Å². The maximum Gasteiger partial charge on any atom is 0.268 e. The van der Waals surface area contributed by atoms with Crippen LogP contribution < -0.4 is 10.5 Å². The van der Waals surface area contributed by atoms with Gasteiger partial charge in [-0.1, -0.05) is 51.1 Å². The van der Waals surface area contributed by atoms with E-state index in [1.165, 1.54) is 16.5 Å². The molecule has 2 N–H and O–H groups in total. The SMILES string of the molecule is CC(C)(C)[Si](C)(C)OC(CCCn1ccc2cc(OCCCc3ccccc3)ccc21)n1cnc(C(N)=O)c1. The number of carbonyl (C=O) groups excluding carboxylic acids is 1. The molecule has 208 valence electrons.